The van der Waals surface area contributed by atoms with E-state index in [1.165, 1.54) is 6.92 Å². The molecule has 17 nitrogen and oxygen atoms in total. The fraction of sp³-hybridized carbons (Fsp3) is 0.607. The van der Waals surface area contributed by atoms with Crippen molar-refractivity contribution in [1.82, 2.24) is 0 Å². The van der Waals surface area contributed by atoms with E-state index in [1.807, 2.05) is 58.0 Å². The van der Waals surface area contributed by atoms with E-state index in [0.717, 1.165) is 12.0 Å². The zero-order valence-electron chi connectivity index (χ0n) is 26.4. The molecule has 7 unspecified atom stereocenters. The van der Waals surface area contributed by atoms with Gasteiger partial charge in [0.2, 0.25) is 0 Å². The van der Waals surface area contributed by atoms with Gasteiger partial charge in [-0.15, -0.1) is 0 Å². The van der Waals surface area contributed by atoms with Crippen LogP contribution in [0.4, 0.5) is 0 Å². The van der Waals surface area contributed by atoms with E-state index in [-0.39, 0.29) is 5.92 Å². The summed E-state index contributed by atoms with van der Waals surface area (Å²) >= 11 is 0. The van der Waals surface area contributed by atoms with Gasteiger partial charge in [0.1, 0.15) is 30.2 Å². The number of benzene rings is 1. The van der Waals surface area contributed by atoms with Gasteiger partial charge in [-0.2, -0.15) is 0 Å². The van der Waals surface area contributed by atoms with Crippen LogP contribution in [0, 0.1) is 11.8 Å². The van der Waals surface area contributed by atoms with Crippen LogP contribution in [-0.4, -0.2) is 109 Å². The Morgan fingerprint density at radius 2 is 1.04 bits per heavy atom. The van der Waals surface area contributed by atoms with Gasteiger partial charge in [0.15, 0.2) is 0 Å². The Kier molecular flexibility index (Phi) is 29.8. The molecule has 0 saturated carbocycles. The Morgan fingerprint density at radius 3 is 1.22 bits per heavy atom. The van der Waals surface area contributed by atoms with Gasteiger partial charge in [0.05, 0.1) is 12.7 Å². The van der Waals surface area contributed by atoms with Gasteiger partial charge >= 0.3 is 29.8 Å². The number of aliphatic hydroxyl groups excluding tert-OH is 2. The van der Waals surface area contributed by atoms with Gasteiger partial charge in [-0.3, -0.25) is 24.0 Å². The fourth-order valence-corrected chi connectivity index (χ4v) is 2.35. The molecule has 1 rings (SSSR count). The summed E-state index contributed by atoms with van der Waals surface area (Å²) < 4.78 is 0. The average Bonchev–Trinajstić information content (AvgIpc) is 2.96. The maximum Gasteiger partial charge on any atom is 0.323 e. The highest BCUT2D eigenvalue weighted by atomic mass is 16.4. The lowest BCUT2D eigenvalue weighted by molar-refractivity contribution is -0.141. The SMILES string of the molecule is CC(C)CC(N)C(=O)O.CC(O)C(N)C(=O)O.CCC(C)C(N)C(=O)O.NC(CO)C(=O)O.NC(Cc1ccccc1)C(=O)O. The minimum atomic E-state index is -1.18. The van der Waals surface area contributed by atoms with E-state index >= 15 is 0 Å². The number of hydrogen-bond donors (Lipinski definition) is 12. The lowest BCUT2D eigenvalue weighted by Gasteiger charge is -2.11. The van der Waals surface area contributed by atoms with Crippen molar-refractivity contribution in [1.29, 1.82) is 0 Å². The summed E-state index contributed by atoms with van der Waals surface area (Å²) in [7, 11) is 0. The summed E-state index contributed by atoms with van der Waals surface area (Å²) in [6, 6.07) is 4.87. The van der Waals surface area contributed by atoms with Crippen molar-refractivity contribution >= 4 is 29.8 Å². The minimum absolute atomic E-state index is 0.0718. The molecule has 45 heavy (non-hydrogen) atoms. The molecule has 262 valence electrons. The van der Waals surface area contributed by atoms with Crippen LogP contribution >= 0.6 is 0 Å². The monoisotopic (exact) mass is 651 g/mol. The van der Waals surface area contributed by atoms with E-state index in [4.69, 9.17) is 64.4 Å². The number of rotatable bonds is 13. The smallest absolute Gasteiger partial charge is 0.323 e. The molecule has 0 aliphatic rings. The summed E-state index contributed by atoms with van der Waals surface area (Å²) in [5.74, 6) is -4.71. The lowest BCUT2D eigenvalue weighted by Crippen LogP contribution is -2.39. The number of hydrogen-bond acceptors (Lipinski definition) is 12. The summed E-state index contributed by atoms with van der Waals surface area (Å²) in [5.41, 5.74) is 26.5. The van der Waals surface area contributed by atoms with Crippen LogP contribution in [-0.2, 0) is 30.4 Å². The molecular formula is C28H53N5O12. The second-order valence-corrected chi connectivity index (χ2v) is 10.2. The van der Waals surface area contributed by atoms with Crippen LogP contribution in [0.5, 0.6) is 0 Å². The van der Waals surface area contributed by atoms with Crippen LogP contribution in [0.2, 0.25) is 0 Å². The van der Waals surface area contributed by atoms with Gasteiger partial charge in [-0.05, 0) is 37.2 Å². The second-order valence-electron chi connectivity index (χ2n) is 10.2. The van der Waals surface area contributed by atoms with E-state index in [9.17, 15) is 24.0 Å². The Hall–Kier alpha value is -3.71. The predicted molar refractivity (Wildman–Crippen MR) is 166 cm³/mol. The number of carboxylic acid groups (broad SMARTS) is 5. The third-order valence-corrected chi connectivity index (χ3v) is 5.52. The average molecular weight is 652 g/mol. The Labute approximate surface area is 263 Å². The normalized spacial score (nSPS) is 14.6. The molecule has 0 aliphatic heterocycles. The highest BCUT2D eigenvalue weighted by Gasteiger charge is 2.17. The van der Waals surface area contributed by atoms with E-state index in [1.54, 1.807) is 0 Å². The third-order valence-electron chi connectivity index (χ3n) is 5.52. The standard InChI is InChI=1S/C9H11NO2.2C6H13NO2.C4H9NO3.C3H7NO3/c10-8(9(11)12)6-7-4-2-1-3-5-7;1-4(2)3-5(7)6(8)9;1-3-4(2)5(7)6(8)9;1-2(6)3(5)4(7)8;4-2(1-5)3(6)7/h1-5,8H,6,10H2,(H,11,12);2*4-5H,3,7H2,1-2H3,(H,8,9);2-3,6H,5H2,1H3,(H,7,8);2,5H,1,4H2,(H,6,7). The molecule has 0 fully saturated rings. The molecule has 7 atom stereocenters. The minimum Gasteiger partial charge on any atom is -0.480 e. The van der Waals surface area contributed by atoms with Crippen LogP contribution in [0.1, 0.15) is 53.0 Å². The maximum absolute atomic E-state index is 10.4. The van der Waals surface area contributed by atoms with Crippen LogP contribution in [0.25, 0.3) is 0 Å². The fourth-order valence-electron chi connectivity index (χ4n) is 2.35. The molecule has 1 aromatic rings. The largest absolute Gasteiger partial charge is 0.480 e. The highest BCUT2D eigenvalue weighted by Crippen LogP contribution is 2.04. The first kappa shape index (κ1) is 48.2. The lowest BCUT2D eigenvalue weighted by atomic mass is 10.0. The Bertz CT molecular complexity index is 967. The molecular weight excluding hydrogens is 598 g/mol. The van der Waals surface area contributed by atoms with E-state index in [0.29, 0.717) is 18.8 Å². The topological polar surface area (TPSA) is 357 Å². The third kappa shape index (κ3) is 30.1. The van der Waals surface area contributed by atoms with E-state index < -0.39 is 72.8 Å². The molecule has 0 bridgehead atoms. The quantitative estimate of drug-likeness (QED) is 0.118. The predicted octanol–water partition coefficient (Wildman–Crippen LogP) is -1.30. The zero-order valence-corrected chi connectivity index (χ0v) is 26.4. The van der Waals surface area contributed by atoms with Gasteiger partial charge in [0, 0.05) is 0 Å². The number of aliphatic carboxylic acids is 5. The summed E-state index contributed by atoms with van der Waals surface area (Å²) in [6.45, 7) is 8.48. The molecule has 0 saturated heterocycles. The molecule has 0 amide bonds. The molecule has 0 aromatic heterocycles. The molecule has 0 aliphatic carbocycles. The van der Waals surface area contributed by atoms with Crippen molar-refractivity contribution in [3.05, 3.63) is 35.9 Å². The van der Waals surface area contributed by atoms with Crippen LogP contribution in [0.15, 0.2) is 30.3 Å². The Balaban J connectivity index is -0.000000237. The Morgan fingerprint density at radius 1 is 0.644 bits per heavy atom. The van der Waals surface area contributed by atoms with Crippen LogP contribution in [0.3, 0.4) is 0 Å². The van der Waals surface area contributed by atoms with Crippen LogP contribution < -0.4 is 28.7 Å². The molecule has 17 heteroatoms. The number of aliphatic hydroxyl groups is 2. The molecule has 0 heterocycles. The maximum atomic E-state index is 10.4. The van der Waals surface area contributed by atoms with Crippen molar-refractivity contribution in [3.63, 3.8) is 0 Å². The van der Waals surface area contributed by atoms with Gasteiger partial charge in [0.25, 0.3) is 0 Å². The number of carboxylic acids is 5. The number of nitrogens with two attached hydrogens (primary N) is 5. The zero-order chi connectivity index (χ0) is 36.4. The second kappa shape index (κ2) is 27.8. The molecule has 0 radical (unpaired) electrons. The van der Waals surface area contributed by atoms with Gasteiger partial charge < -0.3 is 64.4 Å². The highest BCUT2D eigenvalue weighted by molar-refractivity contribution is 5.74. The van der Waals surface area contributed by atoms with E-state index in [2.05, 4.69) is 0 Å². The summed E-state index contributed by atoms with van der Waals surface area (Å²) in [4.78, 5) is 50.2. The van der Waals surface area contributed by atoms with Crippen molar-refractivity contribution < 1.29 is 59.7 Å². The summed E-state index contributed by atoms with van der Waals surface area (Å²) in [6.07, 6.45) is 0.770. The van der Waals surface area contributed by atoms with Gasteiger partial charge in [-0.25, -0.2) is 0 Å². The molecule has 17 N–H and O–H groups in total. The number of carbonyl (C=O) groups is 5. The summed E-state index contributed by atoms with van der Waals surface area (Å²) in [5, 5.41) is 57.6. The first-order chi connectivity index (χ1) is 20.6. The first-order valence-corrected chi connectivity index (χ1v) is 13.8. The molecule has 1 aromatic carbocycles. The van der Waals surface area contributed by atoms with Crippen molar-refractivity contribution in [2.75, 3.05) is 6.61 Å². The van der Waals surface area contributed by atoms with Crippen molar-refractivity contribution in [2.24, 2.45) is 40.5 Å². The first-order valence-electron chi connectivity index (χ1n) is 13.8. The van der Waals surface area contributed by atoms with Crippen molar-refractivity contribution in [2.45, 2.75) is 90.2 Å². The van der Waals surface area contributed by atoms with Crippen molar-refractivity contribution in [3.8, 4) is 0 Å². The molecule has 0 spiro atoms. The van der Waals surface area contributed by atoms with Gasteiger partial charge in [-0.1, -0.05) is 64.4 Å².